The molecule has 3 aliphatic rings. The first kappa shape index (κ1) is 14.5. The molecule has 2 aliphatic carbocycles. The molecule has 1 aliphatic heterocycles. The van der Waals surface area contributed by atoms with Crippen molar-refractivity contribution in [1.82, 2.24) is 9.78 Å². The molecule has 2 heterocycles. The van der Waals surface area contributed by atoms with E-state index in [-0.39, 0.29) is 6.10 Å². The van der Waals surface area contributed by atoms with Gasteiger partial charge in [0.25, 0.3) is 0 Å². The summed E-state index contributed by atoms with van der Waals surface area (Å²) in [5, 5.41) is 4.31. The van der Waals surface area contributed by atoms with Crippen molar-refractivity contribution in [3.05, 3.63) is 60.4 Å². The number of allylic oxidation sites excluding steroid dienone is 1. The molecular weight excluding hydrogens is 296 g/mol. The average Bonchev–Trinajstić information content (AvgIpc) is 3.32. The van der Waals surface area contributed by atoms with Gasteiger partial charge in [-0.2, -0.15) is 5.10 Å². The zero-order valence-corrected chi connectivity index (χ0v) is 14.2. The van der Waals surface area contributed by atoms with Crippen molar-refractivity contribution in [3.8, 4) is 5.69 Å². The van der Waals surface area contributed by atoms with E-state index in [1.807, 2.05) is 23.1 Å². The fraction of sp³-hybridized carbons (Fsp3) is 0.476. The zero-order chi connectivity index (χ0) is 16.3. The summed E-state index contributed by atoms with van der Waals surface area (Å²) >= 11 is 0. The van der Waals surface area contributed by atoms with Crippen LogP contribution in [-0.4, -0.2) is 16.4 Å². The first-order valence-corrected chi connectivity index (χ1v) is 9.09. The molecule has 3 nitrogen and oxygen atoms in total. The number of benzene rings is 1. The van der Waals surface area contributed by atoms with Gasteiger partial charge in [0.1, 0.15) is 0 Å². The van der Waals surface area contributed by atoms with Crippen LogP contribution in [0.25, 0.3) is 5.69 Å². The van der Waals surface area contributed by atoms with Crippen LogP contribution in [0.5, 0.6) is 0 Å². The maximum atomic E-state index is 6.29. The molecule has 24 heavy (non-hydrogen) atoms. The summed E-state index contributed by atoms with van der Waals surface area (Å²) in [6.07, 6.45) is 7.83. The summed E-state index contributed by atoms with van der Waals surface area (Å²) in [6.45, 7) is 7.67. The van der Waals surface area contributed by atoms with Gasteiger partial charge in [-0.05, 0) is 66.2 Å². The molecule has 0 amide bonds. The Labute approximate surface area is 143 Å². The molecule has 1 spiro atoms. The molecule has 5 atom stereocenters. The maximum absolute atomic E-state index is 6.29. The SMILES string of the molecule is C=C1[C@@H]2C[C@@H]3[C@@H](c4ccc(-n5cccn5)cc4)OCC[C@]3(C2)[C@@H]1C. The first-order chi connectivity index (χ1) is 11.7. The second-order valence-electron chi connectivity index (χ2n) is 7.86. The highest BCUT2D eigenvalue weighted by Gasteiger charge is 2.61. The summed E-state index contributed by atoms with van der Waals surface area (Å²) in [7, 11) is 0. The van der Waals surface area contributed by atoms with Crippen LogP contribution in [0.2, 0.25) is 0 Å². The number of hydrogen-bond donors (Lipinski definition) is 0. The van der Waals surface area contributed by atoms with E-state index in [1.165, 1.54) is 30.4 Å². The molecular formula is C21H24N2O. The van der Waals surface area contributed by atoms with Gasteiger partial charge in [-0.3, -0.25) is 0 Å². The van der Waals surface area contributed by atoms with Crippen molar-refractivity contribution >= 4 is 0 Å². The Bertz CT molecular complexity index is 764. The Morgan fingerprint density at radius 2 is 2.12 bits per heavy atom. The Balaban J connectivity index is 1.46. The number of aromatic nitrogens is 2. The number of nitrogens with zero attached hydrogens (tertiary/aromatic N) is 2. The van der Waals surface area contributed by atoms with Gasteiger partial charge in [0.15, 0.2) is 0 Å². The highest BCUT2D eigenvalue weighted by Crippen LogP contribution is 2.68. The standard InChI is InChI=1S/C21H24N2O/c1-14-15(2)21-8-11-24-20(19(21)12-17(14)13-21)16-4-6-18(7-5-16)23-10-3-9-22-23/h3-7,9-10,15,17,19-20H,1,8,11-13H2,2H3/t15-,17-,19-,20-,21+/m1/s1. The number of hydrogen-bond acceptors (Lipinski definition) is 2. The monoisotopic (exact) mass is 320 g/mol. The van der Waals surface area contributed by atoms with E-state index in [0.29, 0.717) is 17.3 Å². The first-order valence-electron chi connectivity index (χ1n) is 9.09. The third-order valence-corrected chi connectivity index (χ3v) is 7.07. The third-order valence-electron chi connectivity index (χ3n) is 7.07. The normalized spacial score (nSPS) is 37.6. The summed E-state index contributed by atoms with van der Waals surface area (Å²) in [5.74, 6) is 2.01. The van der Waals surface area contributed by atoms with E-state index in [2.05, 4.69) is 42.9 Å². The van der Waals surface area contributed by atoms with Crippen molar-refractivity contribution in [3.63, 3.8) is 0 Å². The molecule has 3 fully saturated rings. The molecule has 3 heteroatoms. The van der Waals surface area contributed by atoms with Crippen molar-refractivity contribution in [2.45, 2.75) is 32.3 Å². The lowest BCUT2D eigenvalue weighted by atomic mass is 9.62. The predicted octanol–water partition coefficient (Wildman–Crippen LogP) is 4.55. The Kier molecular flexibility index (Phi) is 3.05. The predicted molar refractivity (Wildman–Crippen MR) is 93.8 cm³/mol. The van der Waals surface area contributed by atoms with Gasteiger partial charge in [-0.25, -0.2) is 4.68 Å². The van der Waals surface area contributed by atoms with E-state index in [4.69, 9.17) is 4.74 Å². The summed E-state index contributed by atoms with van der Waals surface area (Å²) in [5.41, 5.74) is 4.36. The van der Waals surface area contributed by atoms with Crippen LogP contribution >= 0.6 is 0 Å². The number of fused-ring (bicyclic) bond motifs is 1. The fourth-order valence-electron chi connectivity index (χ4n) is 5.73. The lowest BCUT2D eigenvalue weighted by Gasteiger charge is -2.48. The van der Waals surface area contributed by atoms with E-state index >= 15 is 0 Å². The minimum Gasteiger partial charge on any atom is -0.373 e. The molecule has 2 saturated carbocycles. The van der Waals surface area contributed by atoms with Crippen molar-refractivity contribution in [2.75, 3.05) is 6.61 Å². The van der Waals surface area contributed by atoms with Gasteiger partial charge in [-0.15, -0.1) is 0 Å². The molecule has 0 N–H and O–H groups in total. The Hall–Kier alpha value is -1.87. The van der Waals surface area contributed by atoms with Gasteiger partial charge in [0, 0.05) is 19.0 Å². The molecule has 2 aromatic rings. The summed E-state index contributed by atoms with van der Waals surface area (Å²) in [6, 6.07) is 10.7. The largest absolute Gasteiger partial charge is 0.373 e. The van der Waals surface area contributed by atoms with E-state index in [1.54, 1.807) is 0 Å². The van der Waals surface area contributed by atoms with Crippen LogP contribution in [0.15, 0.2) is 54.9 Å². The van der Waals surface area contributed by atoms with Crippen LogP contribution in [0, 0.1) is 23.2 Å². The van der Waals surface area contributed by atoms with E-state index in [9.17, 15) is 0 Å². The Morgan fingerprint density at radius 1 is 1.29 bits per heavy atom. The van der Waals surface area contributed by atoms with Crippen molar-refractivity contribution in [1.29, 1.82) is 0 Å². The van der Waals surface area contributed by atoms with Gasteiger partial charge in [0.05, 0.1) is 11.8 Å². The highest BCUT2D eigenvalue weighted by molar-refractivity contribution is 5.36. The van der Waals surface area contributed by atoms with Crippen LogP contribution in [0.3, 0.4) is 0 Å². The van der Waals surface area contributed by atoms with Crippen molar-refractivity contribution in [2.24, 2.45) is 23.2 Å². The maximum Gasteiger partial charge on any atom is 0.0858 e. The molecule has 5 rings (SSSR count). The molecule has 1 aromatic carbocycles. The zero-order valence-electron chi connectivity index (χ0n) is 14.2. The van der Waals surface area contributed by atoms with Gasteiger partial charge >= 0.3 is 0 Å². The molecule has 0 unspecified atom stereocenters. The number of ether oxygens (including phenoxy) is 1. The smallest absolute Gasteiger partial charge is 0.0858 e. The summed E-state index contributed by atoms with van der Waals surface area (Å²) in [4.78, 5) is 0. The summed E-state index contributed by atoms with van der Waals surface area (Å²) < 4.78 is 8.19. The topological polar surface area (TPSA) is 27.1 Å². The second kappa shape index (κ2) is 5.06. The van der Waals surface area contributed by atoms with Crippen LogP contribution < -0.4 is 0 Å². The highest BCUT2D eigenvalue weighted by atomic mass is 16.5. The fourth-order valence-corrected chi connectivity index (χ4v) is 5.73. The lowest BCUT2D eigenvalue weighted by molar-refractivity contribution is -0.106. The van der Waals surface area contributed by atoms with Gasteiger partial charge in [0.2, 0.25) is 0 Å². The quantitative estimate of drug-likeness (QED) is 0.759. The minimum atomic E-state index is 0.242. The van der Waals surface area contributed by atoms with Gasteiger partial charge < -0.3 is 4.74 Å². The lowest BCUT2D eigenvalue weighted by Crippen LogP contribution is -2.42. The molecule has 124 valence electrons. The van der Waals surface area contributed by atoms with Gasteiger partial charge in [-0.1, -0.05) is 31.2 Å². The molecule has 1 aromatic heterocycles. The minimum absolute atomic E-state index is 0.242. The molecule has 2 bridgehead atoms. The number of rotatable bonds is 2. The average molecular weight is 320 g/mol. The second-order valence-corrected chi connectivity index (χ2v) is 7.86. The van der Waals surface area contributed by atoms with E-state index < -0.39 is 0 Å². The molecule has 1 saturated heterocycles. The van der Waals surface area contributed by atoms with Crippen LogP contribution in [0.4, 0.5) is 0 Å². The van der Waals surface area contributed by atoms with Crippen LogP contribution in [-0.2, 0) is 4.74 Å². The third kappa shape index (κ3) is 1.85. The Morgan fingerprint density at radius 3 is 2.83 bits per heavy atom. The molecule has 0 radical (unpaired) electrons. The van der Waals surface area contributed by atoms with Crippen LogP contribution in [0.1, 0.15) is 37.9 Å². The van der Waals surface area contributed by atoms with E-state index in [0.717, 1.165) is 18.2 Å². The van der Waals surface area contributed by atoms with Crippen molar-refractivity contribution < 1.29 is 4.74 Å².